The van der Waals surface area contributed by atoms with E-state index in [1.54, 1.807) is 30.5 Å². The second kappa shape index (κ2) is 10.5. The molecule has 0 radical (unpaired) electrons. The highest BCUT2D eigenvalue weighted by Crippen LogP contribution is 2.40. The van der Waals surface area contributed by atoms with Crippen LogP contribution in [0.4, 0.5) is 10.8 Å². The SMILES string of the molecule is COc1ccc(-c2sc(NC(C)(C)C3CCOCC3)nc2C)cc1S(=O)(=O)Nc1cccc2[nH]cc(Br)c12. The van der Waals surface area contributed by atoms with Crippen LogP contribution >= 0.6 is 27.3 Å². The number of nitrogens with zero attached hydrogens (tertiary/aromatic N) is 1. The molecule has 0 unspecified atom stereocenters. The fourth-order valence-electron chi connectivity index (χ4n) is 4.97. The zero-order valence-electron chi connectivity index (χ0n) is 21.7. The van der Waals surface area contributed by atoms with Gasteiger partial charge in [0.05, 0.1) is 23.4 Å². The van der Waals surface area contributed by atoms with E-state index in [-0.39, 0.29) is 16.2 Å². The summed E-state index contributed by atoms with van der Waals surface area (Å²) < 4.78 is 41.8. The lowest BCUT2D eigenvalue weighted by Gasteiger charge is -2.37. The Labute approximate surface area is 235 Å². The first kappa shape index (κ1) is 27.0. The number of H-pyrrole nitrogens is 1. The number of aryl methyl sites for hydroxylation is 1. The monoisotopic (exact) mass is 618 g/mol. The molecule has 3 heterocycles. The first-order valence-corrected chi connectivity index (χ1v) is 15.5. The van der Waals surface area contributed by atoms with Gasteiger partial charge in [-0.3, -0.25) is 4.72 Å². The number of thiazole rings is 1. The Hall–Kier alpha value is -2.60. The summed E-state index contributed by atoms with van der Waals surface area (Å²) in [4.78, 5) is 8.87. The summed E-state index contributed by atoms with van der Waals surface area (Å²) in [5.74, 6) is 0.750. The van der Waals surface area contributed by atoms with Gasteiger partial charge in [-0.2, -0.15) is 0 Å². The van der Waals surface area contributed by atoms with Crippen LogP contribution in [0.25, 0.3) is 21.3 Å². The first-order chi connectivity index (χ1) is 18.1. The van der Waals surface area contributed by atoms with E-state index < -0.39 is 10.0 Å². The summed E-state index contributed by atoms with van der Waals surface area (Å²) in [6.07, 6.45) is 3.80. The number of hydrogen-bond acceptors (Lipinski definition) is 7. The molecule has 3 N–H and O–H groups in total. The van der Waals surface area contributed by atoms with Gasteiger partial charge in [0, 0.05) is 40.3 Å². The number of hydrogen-bond donors (Lipinski definition) is 3. The number of benzene rings is 2. The van der Waals surface area contributed by atoms with Crippen molar-refractivity contribution in [2.24, 2.45) is 5.92 Å². The summed E-state index contributed by atoms with van der Waals surface area (Å²) in [6.45, 7) is 7.91. The normalized spacial score (nSPS) is 15.1. The summed E-state index contributed by atoms with van der Waals surface area (Å²) in [6, 6.07) is 10.6. The van der Waals surface area contributed by atoms with Gasteiger partial charge >= 0.3 is 0 Å². The number of nitrogens with one attached hydrogen (secondary N) is 3. The van der Waals surface area contributed by atoms with Crippen molar-refractivity contribution in [1.29, 1.82) is 0 Å². The molecule has 202 valence electrons. The number of fused-ring (bicyclic) bond motifs is 1. The number of sulfonamides is 1. The van der Waals surface area contributed by atoms with Gasteiger partial charge in [0.1, 0.15) is 10.6 Å². The van der Waals surface area contributed by atoms with Crippen LogP contribution in [0.2, 0.25) is 0 Å². The molecule has 2 aromatic heterocycles. The van der Waals surface area contributed by atoms with E-state index in [9.17, 15) is 8.42 Å². The van der Waals surface area contributed by atoms with Crippen molar-refractivity contribution in [3.63, 3.8) is 0 Å². The van der Waals surface area contributed by atoms with E-state index in [2.05, 4.69) is 44.8 Å². The van der Waals surface area contributed by atoms with Crippen LogP contribution in [0.5, 0.6) is 5.75 Å². The van der Waals surface area contributed by atoms with E-state index >= 15 is 0 Å². The second-order valence-corrected chi connectivity index (χ2v) is 13.5. The summed E-state index contributed by atoms with van der Waals surface area (Å²) in [7, 11) is -2.51. The number of halogens is 1. The van der Waals surface area contributed by atoms with E-state index in [4.69, 9.17) is 14.5 Å². The third-order valence-electron chi connectivity index (χ3n) is 7.08. The van der Waals surface area contributed by atoms with Crippen LogP contribution in [-0.4, -0.2) is 44.2 Å². The molecule has 4 aromatic rings. The lowest BCUT2D eigenvalue weighted by Crippen LogP contribution is -2.42. The Kier molecular flexibility index (Phi) is 7.47. The minimum atomic E-state index is -3.98. The molecule has 0 amide bonds. The number of aromatic amines is 1. The Morgan fingerprint density at radius 1 is 1.21 bits per heavy atom. The second-order valence-electron chi connectivity index (χ2n) is 10.0. The molecule has 8 nitrogen and oxygen atoms in total. The van der Waals surface area contributed by atoms with Gasteiger partial charge in [-0.1, -0.05) is 17.4 Å². The van der Waals surface area contributed by atoms with Crippen molar-refractivity contribution in [2.45, 2.75) is 44.0 Å². The zero-order valence-corrected chi connectivity index (χ0v) is 24.9. The molecular formula is C27H31BrN4O4S2. The van der Waals surface area contributed by atoms with Crippen LogP contribution < -0.4 is 14.8 Å². The smallest absolute Gasteiger partial charge is 0.265 e. The Morgan fingerprint density at radius 3 is 2.71 bits per heavy atom. The topological polar surface area (TPSA) is 105 Å². The van der Waals surface area contributed by atoms with Gasteiger partial charge in [0.15, 0.2) is 5.13 Å². The summed E-state index contributed by atoms with van der Waals surface area (Å²) in [5, 5.41) is 5.20. The van der Waals surface area contributed by atoms with Gasteiger partial charge in [0.2, 0.25) is 0 Å². The van der Waals surface area contributed by atoms with Crippen molar-refractivity contribution in [3.8, 4) is 16.2 Å². The molecule has 0 atom stereocenters. The molecular weight excluding hydrogens is 588 g/mol. The molecule has 5 rings (SSSR count). The maximum Gasteiger partial charge on any atom is 0.265 e. The number of ether oxygens (including phenoxy) is 2. The van der Waals surface area contributed by atoms with Gasteiger partial charge in [-0.25, -0.2) is 13.4 Å². The van der Waals surface area contributed by atoms with Crippen molar-refractivity contribution in [2.75, 3.05) is 30.4 Å². The van der Waals surface area contributed by atoms with Crippen LogP contribution in [0.3, 0.4) is 0 Å². The highest BCUT2D eigenvalue weighted by atomic mass is 79.9. The van der Waals surface area contributed by atoms with Gasteiger partial charge < -0.3 is 19.8 Å². The van der Waals surface area contributed by atoms with Crippen molar-refractivity contribution >= 4 is 59.0 Å². The van der Waals surface area contributed by atoms with E-state index in [0.717, 1.165) is 62.7 Å². The number of methoxy groups -OCH3 is 1. The maximum atomic E-state index is 13.6. The average molecular weight is 620 g/mol. The molecule has 0 saturated carbocycles. The van der Waals surface area contributed by atoms with Crippen LogP contribution in [-0.2, 0) is 14.8 Å². The summed E-state index contributed by atoms with van der Waals surface area (Å²) >= 11 is 5.02. The minimum absolute atomic E-state index is 0.0611. The number of aromatic nitrogens is 2. The van der Waals surface area contributed by atoms with Crippen LogP contribution in [0, 0.1) is 12.8 Å². The van der Waals surface area contributed by atoms with E-state index in [1.165, 1.54) is 18.4 Å². The van der Waals surface area contributed by atoms with Crippen LogP contribution in [0.15, 0.2) is 52.0 Å². The quantitative estimate of drug-likeness (QED) is 0.201. The third kappa shape index (κ3) is 5.29. The first-order valence-electron chi connectivity index (χ1n) is 12.4. The fraction of sp³-hybridized carbons (Fsp3) is 0.370. The third-order valence-corrected chi connectivity index (χ3v) is 10.2. The summed E-state index contributed by atoms with van der Waals surface area (Å²) in [5.41, 5.74) is 2.75. The number of rotatable bonds is 8. The molecule has 1 fully saturated rings. The van der Waals surface area contributed by atoms with Gasteiger partial charge in [-0.15, -0.1) is 0 Å². The van der Waals surface area contributed by atoms with E-state index in [1.807, 2.05) is 19.1 Å². The lowest BCUT2D eigenvalue weighted by molar-refractivity contribution is 0.0491. The molecule has 0 bridgehead atoms. The fourth-order valence-corrected chi connectivity index (χ4v) is 7.91. The van der Waals surface area contributed by atoms with Crippen molar-refractivity contribution in [3.05, 3.63) is 52.8 Å². The molecule has 1 saturated heterocycles. The Balaban J connectivity index is 1.47. The average Bonchev–Trinajstić information content (AvgIpc) is 3.46. The molecule has 1 aliphatic heterocycles. The van der Waals surface area contributed by atoms with E-state index in [0.29, 0.717) is 11.6 Å². The van der Waals surface area contributed by atoms with Crippen molar-refractivity contribution < 1.29 is 17.9 Å². The zero-order chi connectivity index (χ0) is 27.1. The Morgan fingerprint density at radius 2 is 1.97 bits per heavy atom. The maximum absolute atomic E-state index is 13.6. The molecule has 1 aliphatic rings. The molecule has 11 heteroatoms. The molecule has 0 spiro atoms. The molecule has 2 aromatic carbocycles. The Bertz CT molecular complexity index is 1570. The van der Waals surface area contributed by atoms with Crippen molar-refractivity contribution in [1.82, 2.24) is 9.97 Å². The molecule has 0 aliphatic carbocycles. The lowest BCUT2D eigenvalue weighted by atomic mass is 9.82. The standard InChI is InChI=1S/C27H31BrN4O4S2/c1-16-25(37-26(30-16)31-27(2,3)18-10-12-36-13-11-18)17-8-9-22(35-4)23(14-17)38(33,34)32-21-7-5-6-20-24(21)19(28)15-29-20/h5-9,14-15,18,29,32H,10-13H2,1-4H3,(H,30,31). The largest absolute Gasteiger partial charge is 0.495 e. The highest BCUT2D eigenvalue weighted by molar-refractivity contribution is 9.10. The predicted molar refractivity (Wildman–Crippen MR) is 157 cm³/mol. The minimum Gasteiger partial charge on any atom is -0.495 e. The number of anilines is 2. The molecule has 38 heavy (non-hydrogen) atoms. The van der Waals surface area contributed by atoms with Gasteiger partial charge in [-0.05, 0) is 91.4 Å². The van der Waals surface area contributed by atoms with Crippen LogP contribution in [0.1, 0.15) is 32.4 Å². The predicted octanol–water partition coefficient (Wildman–Crippen LogP) is 6.79. The van der Waals surface area contributed by atoms with Gasteiger partial charge in [0.25, 0.3) is 10.0 Å². The highest BCUT2D eigenvalue weighted by Gasteiger charge is 2.32.